The number of fused-ring (bicyclic) bond motifs is 2. The lowest BCUT2D eigenvalue weighted by Crippen LogP contribution is -1.92. The zero-order valence-electron chi connectivity index (χ0n) is 15.8. The normalized spacial score (nSPS) is 11.0. The van der Waals surface area contributed by atoms with Crippen molar-refractivity contribution >= 4 is 21.9 Å². The topological polar surface area (TPSA) is 38.7 Å². The van der Waals surface area contributed by atoms with Crippen LogP contribution in [0.1, 0.15) is 50.7 Å². The van der Waals surface area contributed by atoms with E-state index in [1.807, 2.05) is 42.9 Å². The second kappa shape index (κ2) is 8.05. The van der Waals surface area contributed by atoms with Gasteiger partial charge in [0, 0.05) is 24.0 Å². The fourth-order valence-corrected chi connectivity index (χ4v) is 3.10. The summed E-state index contributed by atoms with van der Waals surface area (Å²) in [6.07, 6.45) is 5.50. The van der Waals surface area contributed by atoms with Crippen molar-refractivity contribution in [3.05, 3.63) is 78.2 Å². The number of hydrogen-bond acceptors (Lipinski definition) is 3. The third-order valence-corrected chi connectivity index (χ3v) is 4.45. The molecule has 0 spiro atoms. The minimum atomic E-state index is 0.500. The first-order valence-corrected chi connectivity index (χ1v) is 9.11. The molecule has 0 fully saturated rings. The van der Waals surface area contributed by atoms with Crippen molar-refractivity contribution < 1.29 is 0 Å². The van der Waals surface area contributed by atoms with E-state index in [9.17, 15) is 0 Å². The van der Waals surface area contributed by atoms with E-state index >= 15 is 0 Å². The van der Waals surface area contributed by atoms with Crippen LogP contribution in [0.2, 0.25) is 0 Å². The molecule has 0 N–H and O–H groups in total. The molecule has 0 aliphatic heterocycles. The first-order valence-electron chi connectivity index (χ1n) is 9.11. The number of hydrogen-bond donors (Lipinski definition) is 0. The fraction of sp³-hybridized carbons (Fsp3) is 0.261. The highest BCUT2D eigenvalue weighted by Crippen LogP contribution is 2.23. The van der Waals surface area contributed by atoms with E-state index in [0.717, 1.165) is 16.6 Å². The van der Waals surface area contributed by atoms with Gasteiger partial charge in [0.25, 0.3) is 0 Å². The van der Waals surface area contributed by atoms with E-state index in [4.69, 9.17) is 0 Å². The highest BCUT2D eigenvalue weighted by molar-refractivity contribution is 5.82. The van der Waals surface area contributed by atoms with Crippen LogP contribution in [0.5, 0.6) is 0 Å². The Bertz CT molecular complexity index is 912. The van der Waals surface area contributed by atoms with Crippen LogP contribution >= 0.6 is 0 Å². The third kappa shape index (κ3) is 3.88. The van der Waals surface area contributed by atoms with E-state index in [-0.39, 0.29) is 0 Å². The third-order valence-electron chi connectivity index (χ3n) is 4.45. The molecule has 0 bridgehead atoms. The average Bonchev–Trinajstić information content (AvgIpc) is 2.67. The maximum absolute atomic E-state index is 4.34. The summed E-state index contributed by atoms with van der Waals surface area (Å²) in [6, 6.07) is 16.4. The van der Waals surface area contributed by atoms with Crippen LogP contribution in [-0.4, -0.2) is 15.0 Å². The van der Waals surface area contributed by atoms with Gasteiger partial charge in [0.05, 0.1) is 16.6 Å². The van der Waals surface area contributed by atoms with Gasteiger partial charge in [-0.25, -0.2) is 0 Å². The Labute approximate surface area is 155 Å². The van der Waals surface area contributed by atoms with Crippen LogP contribution in [-0.2, 0) is 0 Å². The molecule has 0 radical (unpaired) electrons. The van der Waals surface area contributed by atoms with Gasteiger partial charge in [-0.2, -0.15) is 0 Å². The summed E-state index contributed by atoms with van der Waals surface area (Å²) < 4.78 is 0. The summed E-state index contributed by atoms with van der Waals surface area (Å²) in [5, 5.41) is 1.28. The Balaban J connectivity index is 0.000000151. The van der Waals surface area contributed by atoms with Crippen LogP contribution in [0.25, 0.3) is 21.9 Å². The van der Waals surface area contributed by atoms with Crippen LogP contribution in [0.15, 0.2) is 67.1 Å². The summed E-state index contributed by atoms with van der Waals surface area (Å²) >= 11 is 0. The molecule has 0 saturated carbocycles. The van der Waals surface area contributed by atoms with Crippen molar-refractivity contribution in [1.29, 1.82) is 0 Å². The Morgan fingerprint density at radius 1 is 0.577 bits per heavy atom. The monoisotopic (exact) mass is 343 g/mol. The van der Waals surface area contributed by atoms with Crippen LogP contribution in [0, 0.1) is 0 Å². The Kier molecular flexibility index (Phi) is 5.57. The largest absolute Gasteiger partial charge is 0.256 e. The van der Waals surface area contributed by atoms with Gasteiger partial charge >= 0.3 is 0 Å². The SMILES string of the molecule is CC(C)c1cccc2ncccc12.CC(C)c1ccnc2cccnc12. The first-order chi connectivity index (χ1) is 12.6. The summed E-state index contributed by atoms with van der Waals surface area (Å²) in [5.41, 5.74) is 5.75. The van der Waals surface area contributed by atoms with E-state index in [0.29, 0.717) is 11.8 Å². The molecule has 3 heterocycles. The van der Waals surface area contributed by atoms with Gasteiger partial charge in [0.15, 0.2) is 0 Å². The molecule has 4 aromatic rings. The molecule has 0 amide bonds. The molecule has 3 aromatic heterocycles. The molecule has 0 unspecified atom stereocenters. The van der Waals surface area contributed by atoms with Crippen molar-refractivity contribution in [3.8, 4) is 0 Å². The molecular formula is C23H25N3. The highest BCUT2D eigenvalue weighted by atomic mass is 14.7. The lowest BCUT2D eigenvalue weighted by molar-refractivity contribution is 0.870. The van der Waals surface area contributed by atoms with E-state index < -0.39 is 0 Å². The average molecular weight is 343 g/mol. The molecule has 3 nitrogen and oxygen atoms in total. The Morgan fingerprint density at radius 3 is 2.00 bits per heavy atom. The molecule has 26 heavy (non-hydrogen) atoms. The molecule has 0 aliphatic carbocycles. The predicted octanol–water partition coefficient (Wildman–Crippen LogP) is 6.11. The van der Waals surface area contributed by atoms with Gasteiger partial charge in [0.1, 0.15) is 0 Å². The zero-order valence-corrected chi connectivity index (χ0v) is 15.8. The van der Waals surface area contributed by atoms with Gasteiger partial charge in [-0.1, -0.05) is 45.9 Å². The molecule has 0 aliphatic rings. The Hall–Kier alpha value is -2.81. The van der Waals surface area contributed by atoms with Crippen molar-refractivity contribution in [2.75, 3.05) is 0 Å². The molecule has 1 aromatic carbocycles. The smallest absolute Gasteiger partial charge is 0.0921 e. The highest BCUT2D eigenvalue weighted by Gasteiger charge is 2.05. The minimum Gasteiger partial charge on any atom is -0.256 e. The summed E-state index contributed by atoms with van der Waals surface area (Å²) in [5.74, 6) is 1.06. The van der Waals surface area contributed by atoms with Crippen LogP contribution in [0.4, 0.5) is 0 Å². The number of pyridine rings is 3. The van der Waals surface area contributed by atoms with Crippen LogP contribution < -0.4 is 0 Å². The maximum atomic E-state index is 4.34. The van der Waals surface area contributed by atoms with Crippen molar-refractivity contribution in [2.24, 2.45) is 0 Å². The van der Waals surface area contributed by atoms with E-state index in [1.165, 1.54) is 16.5 Å². The van der Waals surface area contributed by atoms with Crippen molar-refractivity contribution in [3.63, 3.8) is 0 Å². The number of benzene rings is 1. The second-order valence-electron chi connectivity index (χ2n) is 7.00. The fourth-order valence-electron chi connectivity index (χ4n) is 3.10. The van der Waals surface area contributed by atoms with Crippen molar-refractivity contribution in [1.82, 2.24) is 15.0 Å². The number of aromatic nitrogens is 3. The van der Waals surface area contributed by atoms with E-state index in [2.05, 4.69) is 66.9 Å². The van der Waals surface area contributed by atoms with Gasteiger partial charge in [-0.3, -0.25) is 15.0 Å². The summed E-state index contributed by atoms with van der Waals surface area (Å²) in [6.45, 7) is 8.76. The lowest BCUT2D eigenvalue weighted by Gasteiger charge is -2.08. The van der Waals surface area contributed by atoms with Gasteiger partial charge in [-0.15, -0.1) is 0 Å². The second-order valence-corrected chi connectivity index (χ2v) is 7.00. The molecule has 132 valence electrons. The zero-order chi connectivity index (χ0) is 18.5. The Morgan fingerprint density at radius 2 is 1.23 bits per heavy atom. The van der Waals surface area contributed by atoms with Crippen LogP contribution in [0.3, 0.4) is 0 Å². The molecule has 0 atom stereocenters. The lowest BCUT2D eigenvalue weighted by atomic mass is 9.98. The van der Waals surface area contributed by atoms with Gasteiger partial charge in [0.2, 0.25) is 0 Å². The summed E-state index contributed by atoms with van der Waals surface area (Å²) in [7, 11) is 0. The quantitative estimate of drug-likeness (QED) is 0.440. The minimum absolute atomic E-state index is 0.500. The predicted molar refractivity (Wildman–Crippen MR) is 109 cm³/mol. The first kappa shape index (κ1) is 18.0. The van der Waals surface area contributed by atoms with Crippen molar-refractivity contribution in [2.45, 2.75) is 39.5 Å². The number of rotatable bonds is 2. The van der Waals surface area contributed by atoms with Gasteiger partial charge < -0.3 is 0 Å². The maximum Gasteiger partial charge on any atom is 0.0921 e. The van der Waals surface area contributed by atoms with Gasteiger partial charge in [-0.05, 0) is 53.3 Å². The van der Waals surface area contributed by atoms with E-state index in [1.54, 1.807) is 0 Å². The molecule has 3 heteroatoms. The summed E-state index contributed by atoms with van der Waals surface area (Å²) in [4.78, 5) is 12.9. The standard InChI is InChI=1S/C12H13N.C11H12N2/c1-9(2)10-5-3-7-12-11(10)6-4-8-13-12;1-8(2)9-5-7-12-10-4-3-6-13-11(9)10/h3-9H,1-2H3;3-8H,1-2H3. The molecule has 4 rings (SSSR count). The molecule has 0 saturated heterocycles. The molecular weight excluding hydrogens is 318 g/mol. The number of nitrogens with zero attached hydrogens (tertiary/aromatic N) is 3.